The summed E-state index contributed by atoms with van der Waals surface area (Å²) in [6, 6.07) is 0. The van der Waals surface area contributed by atoms with Gasteiger partial charge in [0.1, 0.15) is 0 Å². The third-order valence-corrected chi connectivity index (χ3v) is 2.19. The Morgan fingerprint density at radius 2 is 2.08 bits per heavy atom. The van der Waals surface area contributed by atoms with Crippen LogP contribution in [0.1, 0.15) is 22.5 Å². The molecule has 0 aliphatic carbocycles. The number of hydrogen-bond donors (Lipinski definition) is 2. The molecule has 1 aromatic rings. The summed E-state index contributed by atoms with van der Waals surface area (Å²) in [5.41, 5.74) is 4.66. The zero-order valence-corrected chi connectivity index (χ0v) is 8.28. The van der Waals surface area contributed by atoms with Crippen molar-refractivity contribution < 1.29 is 0 Å². The maximum atomic E-state index is 3.79. The Labute approximate surface area is 79.4 Å². The number of H-pyrrole nitrogens is 1. The lowest BCUT2D eigenvalue weighted by Crippen LogP contribution is -2.06. The fourth-order valence-electron chi connectivity index (χ4n) is 1.47. The van der Waals surface area contributed by atoms with E-state index in [-0.39, 0.29) is 0 Å². The second-order valence-electron chi connectivity index (χ2n) is 2.99. The Balaban J connectivity index is 3.17. The molecule has 0 amide bonds. The summed E-state index contributed by atoms with van der Waals surface area (Å²) in [7, 11) is 1.93. The van der Waals surface area contributed by atoms with Crippen LogP contribution in [-0.4, -0.2) is 12.0 Å². The predicted molar refractivity (Wildman–Crippen MR) is 58.5 cm³/mol. The molecule has 0 saturated carbocycles. The highest BCUT2D eigenvalue weighted by molar-refractivity contribution is 5.65. The summed E-state index contributed by atoms with van der Waals surface area (Å²) in [6.45, 7) is 10.5. The first kappa shape index (κ1) is 9.81. The molecule has 0 aliphatic heterocycles. The summed E-state index contributed by atoms with van der Waals surface area (Å²) in [5.74, 6) is 0. The van der Waals surface area contributed by atoms with Gasteiger partial charge in [0.2, 0.25) is 0 Å². The van der Waals surface area contributed by atoms with Gasteiger partial charge in [-0.3, -0.25) is 0 Å². The van der Waals surface area contributed by atoms with E-state index in [1.54, 1.807) is 0 Å². The van der Waals surface area contributed by atoms with Crippen LogP contribution < -0.4 is 5.32 Å². The molecule has 2 N–H and O–H groups in total. The minimum atomic E-state index is 0.848. The Bertz CT molecular complexity index is 321. The lowest BCUT2D eigenvalue weighted by molar-refractivity contribution is 0.791. The van der Waals surface area contributed by atoms with Crippen molar-refractivity contribution >= 4 is 12.2 Å². The van der Waals surface area contributed by atoms with Gasteiger partial charge in [-0.25, -0.2) is 0 Å². The SMILES string of the molecule is C=Cc1[nH]c(CNC)c(C)c1C=C. The van der Waals surface area contributed by atoms with Gasteiger partial charge in [-0.1, -0.05) is 19.2 Å². The van der Waals surface area contributed by atoms with Crippen LogP contribution in [0.3, 0.4) is 0 Å². The molecular formula is C11H16N2. The van der Waals surface area contributed by atoms with Crippen LogP contribution in [0, 0.1) is 6.92 Å². The lowest BCUT2D eigenvalue weighted by Gasteiger charge is -1.97. The van der Waals surface area contributed by atoms with Crippen molar-refractivity contribution in [3.8, 4) is 0 Å². The average Bonchev–Trinajstić information content (AvgIpc) is 2.44. The summed E-state index contributed by atoms with van der Waals surface area (Å²) in [6.07, 6.45) is 3.69. The molecule has 1 rings (SSSR count). The first-order valence-electron chi connectivity index (χ1n) is 4.35. The predicted octanol–water partition coefficient (Wildman–Crippen LogP) is 2.33. The molecule has 0 spiro atoms. The second kappa shape index (κ2) is 4.10. The van der Waals surface area contributed by atoms with Gasteiger partial charge in [0.25, 0.3) is 0 Å². The van der Waals surface area contributed by atoms with Gasteiger partial charge in [0.05, 0.1) is 0 Å². The quantitative estimate of drug-likeness (QED) is 0.724. The van der Waals surface area contributed by atoms with E-state index in [1.165, 1.54) is 11.3 Å². The molecule has 1 heterocycles. The lowest BCUT2D eigenvalue weighted by atomic mass is 10.1. The van der Waals surface area contributed by atoms with E-state index in [9.17, 15) is 0 Å². The van der Waals surface area contributed by atoms with E-state index in [1.807, 2.05) is 19.2 Å². The highest BCUT2D eigenvalue weighted by Gasteiger charge is 2.07. The number of nitrogens with one attached hydrogen (secondary N) is 2. The molecule has 2 heteroatoms. The van der Waals surface area contributed by atoms with Crippen molar-refractivity contribution in [2.24, 2.45) is 0 Å². The zero-order chi connectivity index (χ0) is 9.84. The normalized spacial score (nSPS) is 10.0. The Hall–Kier alpha value is -1.28. The molecule has 70 valence electrons. The Morgan fingerprint density at radius 1 is 1.38 bits per heavy atom. The molecule has 0 bridgehead atoms. The van der Waals surface area contributed by atoms with Crippen molar-refractivity contribution in [3.63, 3.8) is 0 Å². The summed E-state index contributed by atoms with van der Waals surface area (Å²) in [4.78, 5) is 3.30. The average molecular weight is 176 g/mol. The Morgan fingerprint density at radius 3 is 2.46 bits per heavy atom. The summed E-state index contributed by atoms with van der Waals surface area (Å²) in [5, 5.41) is 3.11. The van der Waals surface area contributed by atoms with Gasteiger partial charge in [-0.2, -0.15) is 0 Å². The van der Waals surface area contributed by atoms with Crippen LogP contribution in [0.2, 0.25) is 0 Å². The number of aromatic nitrogens is 1. The topological polar surface area (TPSA) is 27.8 Å². The van der Waals surface area contributed by atoms with Gasteiger partial charge >= 0.3 is 0 Å². The van der Waals surface area contributed by atoms with Crippen LogP contribution in [0.5, 0.6) is 0 Å². The van der Waals surface area contributed by atoms with Gasteiger partial charge in [-0.05, 0) is 25.6 Å². The molecule has 2 nitrogen and oxygen atoms in total. The highest BCUT2D eigenvalue weighted by atomic mass is 14.9. The fraction of sp³-hybridized carbons (Fsp3) is 0.273. The van der Waals surface area contributed by atoms with Gasteiger partial charge in [0.15, 0.2) is 0 Å². The fourth-order valence-corrected chi connectivity index (χ4v) is 1.47. The molecule has 0 aliphatic rings. The zero-order valence-electron chi connectivity index (χ0n) is 8.28. The largest absolute Gasteiger partial charge is 0.357 e. The van der Waals surface area contributed by atoms with Gasteiger partial charge < -0.3 is 10.3 Å². The van der Waals surface area contributed by atoms with Crippen molar-refractivity contribution in [1.82, 2.24) is 10.3 Å². The van der Waals surface area contributed by atoms with Crippen molar-refractivity contribution in [2.45, 2.75) is 13.5 Å². The van der Waals surface area contributed by atoms with Crippen molar-refractivity contribution in [2.75, 3.05) is 7.05 Å². The van der Waals surface area contributed by atoms with E-state index in [0.717, 1.165) is 17.8 Å². The maximum absolute atomic E-state index is 3.79. The van der Waals surface area contributed by atoms with Crippen LogP contribution >= 0.6 is 0 Å². The summed E-state index contributed by atoms with van der Waals surface area (Å²) < 4.78 is 0. The molecule has 0 saturated heterocycles. The first-order valence-corrected chi connectivity index (χ1v) is 4.35. The number of aromatic amines is 1. The highest BCUT2D eigenvalue weighted by Crippen LogP contribution is 2.20. The van der Waals surface area contributed by atoms with E-state index < -0.39 is 0 Å². The standard InChI is InChI=1S/C11H16N2/c1-5-9-8(3)11(7-12-4)13-10(9)6-2/h5-6,12-13H,1-2,7H2,3-4H3. The van der Waals surface area contributed by atoms with E-state index in [0.29, 0.717) is 0 Å². The smallest absolute Gasteiger partial charge is 0.0453 e. The van der Waals surface area contributed by atoms with Crippen LogP contribution in [-0.2, 0) is 6.54 Å². The minimum Gasteiger partial charge on any atom is -0.357 e. The first-order chi connectivity index (χ1) is 6.24. The minimum absolute atomic E-state index is 0.848. The number of rotatable bonds is 4. The molecule has 1 aromatic heterocycles. The maximum Gasteiger partial charge on any atom is 0.0453 e. The molecule has 13 heavy (non-hydrogen) atoms. The van der Waals surface area contributed by atoms with E-state index in [4.69, 9.17) is 0 Å². The molecule has 0 aromatic carbocycles. The molecule has 0 fully saturated rings. The molecule has 0 unspecified atom stereocenters. The van der Waals surface area contributed by atoms with Crippen molar-refractivity contribution in [3.05, 3.63) is 35.7 Å². The van der Waals surface area contributed by atoms with Gasteiger partial charge in [-0.15, -0.1) is 0 Å². The molecular weight excluding hydrogens is 160 g/mol. The van der Waals surface area contributed by atoms with Crippen molar-refractivity contribution in [1.29, 1.82) is 0 Å². The van der Waals surface area contributed by atoms with Crippen LogP contribution in [0.25, 0.3) is 12.2 Å². The van der Waals surface area contributed by atoms with E-state index in [2.05, 4.69) is 30.4 Å². The van der Waals surface area contributed by atoms with Crippen LogP contribution in [0.4, 0.5) is 0 Å². The third-order valence-electron chi connectivity index (χ3n) is 2.19. The third kappa shape index (κ3) is 1.73. The molecule has 0 radical (unpaired) electrons. The van der Waals surface area contributed by atoms with Crippen LogP contribution in [0.15, 0.2) is 13.2 Å². The summed E-state index contributed by atoms with van der Waals surface area (Å²) >= 11 is 0. The monoisotopic (exact) mass is 176 g/mol. The Kier molecular flexibility index (Phi) is 3.09. The van der Waals surface area contributed by atoms with Gasteiger partial charge in [0, 0.05) is 23.5 Å². The van der Waals surface area contributed by atoms with E-state index >= 15 is 0 Å². The number of hydrogen-bond acceptors (Lipinski definition) is 1. The molecule has 0 atom stereocenters. The second-order valence-corrected chi connectivity index (χ2v) is 2.99.